The van der Waals surface area contributed by atoms with Gasteiger partial charge in [-0.2, -0.15) is 0 Å². The van der Waals surface area contributed by atoms with Gasteiger partial charge in [0.15, 0.2) is 0 Å². The van der Waals surface area contributed by atoms with Crippen LogP contribution in [0, 0.1) is 13.8 Å². The van der Waals surface area contributed by atoms with Crippen molar-refractivity contribution in [2.24, 2.45) is 0 Å². The van der Waals surface area contributed by atoms with Crippen LogP contribution in [0.3, 0.4) is 0 Å². The van der Waals surface area contributed by atoms with Gasteiger partial charge in [-0.15, -0.1) is 0 Å². The Morgan fingerprint density at radius 1 is 1.24 bits per heavy atom. The van der Waals surface area contributed by atoms with Gasteiger partial charge in [-0.3, -0.25) is 0 Å². The van der Waals surface area contributed by atoms with E-state index in [2.05, 4.69) is 51.2 Å². The van der Waals surface area contributed by atoms with Crippen LogP contribution in [0.25, 0.3) is 0 Å². The Hall–Kier alpha value is -0.860. The van der Waals surface area contributed by atoms with Crippen LogP contribution in [0.15, 0.2) is 18.2 Å². The number of aryl methyl sites for hydroxylation is 2. The van der Waals surface area contributed by atoms with Gasteiger partial charge in [0.1, 0.15) is 0 Å². The van der Waals surface area contributed by atoms with Crippen molar-refractivity contribution in [1.29, 1.82) is 0 Å². The molecule has 0 heterocycles. The lowest BCUT2D eigenvalue weighted by molar-refractivity contribution is 0.159. The summed E-state index contributed by atoms with van der Waals surface area (Å²) in [6.45, 7) is 9.48. The van der Waals surface area contributed by atoms with E-state index < -0.39 is 0 Å². The molecule has 2 heteroatoms. The van der Waals surface area contributed by atoms with Crippen LogP contribution < -0.4 is 5.32 Å². The van der Waals surface area contributed by atoms with E-state index in [4.69, 9.17) is 4.74 Å². The standard InChI is InChI=1S/C15H25NO/c1-6-15(10-17-5)16-13(4)14-8-7-11(2)12(3)9-14/h7-9,13,15-16H,6,10H2,1-5H3. The zero-order valence-electron chi connectivity index (χ0n) is 11.7. The molecule has 0 radical (unpaired) electrons. The van der Waals surface area contributed by atoms with E-state index in [-0.39, 0.29) is 0 Å². The molecule has 1 aromatic rings. The Morgan fingerprint density at radius 2 is 1.94 bits per heavy atom. The summed E-state index contributed by atoms with van der Waals surface area (Å²) in [6, 6.07) is 7.47. The maximum Gasteiger partial charge on any atom is 0.0615 e. The zero-order valence-corrected chi connectivity index (χ0v) is 11.7. The molecule has 1 aromatic carbocycles. The molecule has 1 N–H and O–H groups in total. The van der Waals surface area contributed by atoms with Gasteiger partial charge < -0.3 is 10.1 Å². The SMILES string of the molecule is CCC(COC)NC(C)c1ccc(C)c(C)c1. The topological polar surface area (TPSA) is 21.3 Å². The van der Waals surface area contributed by atoms with E-state index >= 15 is 0 Å². The minimum Gasteiger partial charge on any atom is -0.383 e. The normalized spacial score (nSPS) is 14.6. The lowest BCUT2D eigenvalue weighted by Gasteiger charge is -2.22. The van der Waals surface area contributed by atoms with Gasteiger partial charge in [-0.1, -0.05) is 25.1 Å². The lowest BCUT2D eigenvalue weighted by Crippen LogP contribution is -2.34. The Kier molecular flexibility index (Phi) is 5.66. The first-order valence-electron chi connectivity index (χ1n) is 6.40. The summed E-state index contributed by atoms with van der Waals surface area (Å²) in [4.78, 5) is 0. The fraction of sp³-hybridized carbons (Fsp3) is 0.600. The third-order valence-electron chi connectivity index (χ3n) is 3.38. The van der Waals surface area contributed by atoms with E-state index in [0.717, 1.165) is 13.0 Å². The smallest absolute Gasteiger partial charge is 0.0615 e. The van der Waals surface area contributed by atoms with E-state index in [9.17, 15) is 0 Å². The highest BCUT2D eigenvalue weighted by atomic mass is 16.5. The number of benzene rings is 1. The molecule has 0 aromatic heterocycles. The minimum atomic E-state index is 0.370. The van der Waals surface area contributed by atoms with Gasteiger partial charge in [0.05, 0.1) is 6.61 Å². The molecular formula is C15H25NO. The van der Waals surface area contributed by atoms with Crippen LogP contribution in [-0.2, 0) is 4.74 Å². The second-order valence-corrected chi connectivity index (χ2v) is 4.79. The lowest BCUT2D eigenvalue weighted by atomic mass is 10.0. The number of nitrogens with one attached hydrogen (secondary N) is 1. The molecule has 0 saturated heterocycles. The molecule has 0 aliphatic heterocycles. The summed E-state index contributed by atoms with van der Waals surface area (Å²) < 4.78 is 5.21. The summed E-state index contributed by atoms with van der Waals surface area (Å²) in [5, 5.41) is 3.61. The Labute approximate surface area is 105 Å². The molecular weight excluding hydrogens is 210 g/mol. The summed E-state index contributed by atoms with van der Waals surface area (Å²) in [5.41, 5.74) is 4.06. The molecule has 1 rings (SSSR count). The quantitative estimate of drug-likeness (QED) is 0.816. The third-order valence-corrected chi connectivity index (χ3v) is 3.38. The molecule has 0 amide bonds. The van der Waals surface area contributed by atoms with Gasteiger partial charge in [0, 0.05) is 19.2 Å². The average Bonchev–Trinajstić information content (AvgIpc) is 2.31. The molecule has 0 spiro atoms. The van der Waals surface area contributed by atoms with Crippen molar-refractivity contribution in [3.8, 4) is 0 Å². The molecule has 2 atom stereocenters. The van der Waals surface area contributed by atoms with Gasteiger partial charge in [-0.25, -0.2) is 0 Å². The van der Waals surface area contributed by atoms with Crippen molar-refractivity contribution in [3.63, 3.8) is 0 Å². The minimum absolute atomic E-state index is 0.370. The summed E-state index contributed by atoms with van der Waals surface area (Å²) in [5.74, 6) is 0. The molecule has 0 saturated carbocycles. The van der Waals surface area contributed by atoms with Crippen molar-refractivity contribution < 1.29 is 4.74 Å². The molecule has 0 bridgehead atoms. The first-order chi connectivity index (χ1) is 8.08. The van der Waals surface area contributed by atoms with Crippen molar-refractivity contribution in [1.82, 2.24) is 5.32 Å². The molecule has 0 aliphatic rings. The number of ether oxygens (including phenoxy) is 1. The van der Waals surface area contributed by atoms with Gasteiger partial charge in [0.25, 0.3) is 0 Å². The van der Waals surface area contributed by atoms with Gasteiger partial charge in [0.2, 0.25) is 0 Å². The summed E-state index contributed by atoms with van der Waals surface area (Å²) in [7, 11) is 1.75. The van der Waals surface area contributed by atoms with Crippen molar-refractivity contribution in [2.75, 3.05) is 13.7 Å². The van der Waals surface area contributed by atoms with Gasteiger partial charge >= 0.3 is 0 Å². The highest BCUT2D eigenvalue weighted by Gasteiger charge is 2.11. The molecule has 17 heavy (non-hydrogen) atoms. The van der Waals surface area contributed by atoms with Crippen LogP contribution in [0.4, 0.5) is 0 Å². The highest BCUT2D eigenvalue weighted by molar-refractivity contribution is 5.31. The molecule has 96 valence electrons. The molecule has 2 nitrogen and oxygen atoms in total. The zero-order chi connectivity index (χ0) is 12.8. The molecule has 0 aliphatic carbocycles. The van der Waals surface area contributed by atoms with Crippen LogP contribution in [0.1, 0.15) is 43.0 Å². The second-order valence-electron chi connectivity index (χ2n) is 4.79. The molecule has 0 fully saturated rings. The first kappa shape index (κ1) is 14.2. The third kappa shape index (κ3) is 4.14. The highest BCUT2D eigenvalue weighted by Crippen LogP contribution is 2.17. The summed E-state index contributed by atoms with van der Waals surface area (Å²) >= 11 is 0. The van der Waals surface area contributed by atoms with E-state index in [1.165, 1.54) is 16.7 Å². The number of hydrogen-bond acceptors (Lipinski definition) is 2. The number of hydrogen-bond donors (Lipinski definition) is 1. The van der Waals surface area contributed by atoms with E-state index in [0.29, 0.717) is 12.1 Å². The maximum absolute atomic E-state index is 5.21. The predicted octanol–water partition coefficient (Wildman–Crippen LogP) is 3.38. The van der Waals surface area contributed by atoms with Crippen molar-refractivity contribution in [2.45, 2.75) is 46.2 Å². The summed E-state index contributed by atoms with van der Waals surface area (Å²) in [6.07, 6.45) is 1.09. The number of rotatable bonds is 6. The maximum atomic E-state index is 5.21. The molecule has 2 unspecified atom stereocenters. The monoisotopic (exact) mass is 235 g/mol. The van der Waals surface area contributed by atoms with Crippen molar-refractivity contribution in [3.05, 3.63) is 34.9 Å². The van der Waals surface area contributed by atoms with Crippen LogP contribution in [0.5, 0.6) is 0 Å². The van der Waals surface area contributed by atoms with E-state index in [1.807, 2.05) is 0 Å². The van der Waals surface area contributed by atoms with Crippen molar-refractivity contribution >= 4 is 0 Å². The number of methoxy groups -OCH3 is 1. The fourth-order valence-corrected chi connectivity index (χ4v) is 1.97. The van der Waals surface area contributed by atoms with Crippen LogP contribution in [-0.4, -0.2) is 19.8 Å². The second kappa shape index (κ2) is 6.77. The largest absolute Gasteiger partial charge is 0.383 e. The Morgan fingerprint density at radius 3 is 2.47 bits per heavy atom. The average molecular weight is 235 g/mol. The fourth-order valence-electron chi connectivity index (χ4n) is 1.97. The van der Waals surface area contributed by atoms with E-state index in [1.54, 1.807) is 7.11 Å². The van der Waals surface area contributed by atoms with Crippen LogP contribution in [0.2, 0.25) is 0 Å². The Bertz CT molecular complexity index is 349. The Balaban J connectivity index is 2.68. The first-order valence-corrected chi connectivity index (χ1v) is 6.40. The van der Waals surface area contributed by atoms with Crippen LogP contribution >= 0.6 is 0 Å². The van der Waals surface area contributed by atoms with Gasteiger partial charge in [-0.05, 0) is 43.9 Å². The predicted molar refractivity (Wildman–Crippen MR) is 73.4 cm³/mol.